The maximum Gasteiger partial charge on any atom is 0.206 e. The summed E-state index contributed by atoms with van der Waals surface area (Å²) in [5.41, 5.74) is 9.21. The lowest BCUT2D eigenvalue weighted by Crippen LogP contribution is -2.00. The van der Waals surface area contributed by atoms with Crippen LogP contribution < -0.4 is 5.73 Å². The minimum Gasteiger partial charge on any atom is -0.369 e. The van der Waals surface area contributed by atoms with Gasteiger partial charge in [0.05, 0.1) is 5.52 Å². The minimum atomic E-state index is 0.425. The molecule has 4 heteroatoms. The quantitative estimate of drug-likeness (QED) is 0.693. The number of nitrogens with two attached hydrogens (primary N) is 1. The van der Waals surface area contributed by atoms with E-state index in [0.717, 1.165) is 16.6 Å². The minimum absolute atomic E-state index is 0.425. The van der Waals surface area contributed by atoms with Crippen LogP contribution in [0.5, 0.6) is 0 Å². The van der Waals surface area contributed by atoms with Crippen LogP contribution in [0.2, 0.25) is 0 Å². The van der Waals surface area contributed by atoms with Gasteiger partial charge < -0.3 is 5.73 Å². The van der Waals surface area contributed by atoms with Crippen LogP contribution in [0, 0.1) is 0 Å². The topological polar surface area (TPSA) is 56.2 Å². The summed E-state index contributed by atoms with van der Waals surface area (Å²) in [6.45, 7) is 4.36. The van der Waals surface area contributed by atoms with E-state index in [4.69, 9.17) is 5.73 Å². The van der Waals surface area contributed by atoms with E-state index in [2.05, 4.69) is 29.9 Å². The molecule has 17 heavy (non-hydrogen) atoms. The molecule has 0 spiro atoms. The second-order valence-corrected chi connectivity index (χ2v) is 4.47. The Bertz CT molecular complexity index is 697. The van der Waals surface area contributed by atoms with Gasteiger partial charge in [-0.3, -0.25) is 4.40 Å². The van der Waals surface area contributed by atoms with Gasteiger partial charge in [-0.05, 0) is 29.7 Å². The molecular weight excluding hydrogens is 212 g/mol. The molecule has 0 saturated carbocycles. The number of hydrogen-bond donors (Lipinski definition) is 1. The Balaban J connectivity index is 2.62. The van der Waals surface area contributed by atoms with Gasteiger partial charge in [0.1, 0.15) is 5.65 Å². The van der Waals surface area contributed by atoms with Gasteiger partial charge in [-0.2, -0.15) is 0 Å². The first-order valence-corrected chi connectivity index (χ1v) is 5.69. The van der Waals surface area contributed by atoms with E-state index in [1.807, 2.05) is 16.5 Å². The fraction of sp³-hybridized carbons (Fsp3) is 0.231. The molecule has 0 amide bonds. The first-order chi connectivity index (χ1) is 8.20. The predicted octanol–water partition coefficient (Wildman–Crippen LogP) is 2.59. The molecule has 3 rings (SSSR count). The van der Waals surface area contributed by atoms with Crippen LogP contribution in [0.1, 0.15) is 25.3 Å². The fourth-order valence-electron chi connectivity index (χ4n) is 2.40. The number of aromatic nitrogens is 3. The first-order valence-electron chi connectivity index (χ1n) is 5.69. The zero-order chi connectivity index (χ0) is 12.0. The van der Waals surface area contributed by atoms with Crippen LogP contribution >= 0.6 is 0 Å². The summed E-state index contributed by atoms with van der Waals surface area (Å²) in [4.78, 5) is 8.55. The summed E-state index contributed by atoms with van der Waals surface area (Å²) in [7, 11) is 0. The molecule has 0 saturated heterocycles. The van der Waals surface area contributed by atoms with Crippen molar-refractivity contribution in [2.45, 2.75) is 19.8 Å². The van der Waals surface area contributed by atoms with E-state index in [9.17, 15) is 0 Å². The molecule has 0 aliphatic rings. The number of anilines is 1. The highest BCUT2D eigenvalue weighted by molar-refractivity contribution is 5.91. The Kier molecular flexibility index (Phi) is 2.04. The lowest BCUT2D eigenvalue weighted by Gasteiger charge is -2.04. The molecule has 3 heterocycles. The highest BCUT2D eigenvalue weighted by Gasteiger charge is 2.16. The monoisotopic (exact) mass is 226 g/mol. The molecule has 0 atom stereocenters. The average Bonchev–Trinajstić information content (AvgIpc) is 2.64. The Morgan fingerprint density at radius 1 is 1.18 bits per heavy atom. The molecule has 0 unspecified atom stereocenters. The summed E-state index contributed by atoms with van der Waals surface area (Å²) < 4.78 is 1.92. The fourth-order valence-corrected chi connectivity index (χ4v) is 2.40. The summed E-state index contributed by atoms with van der Waals surface area (Å²) in [6, 6.07) is 6.04. The molecule has 86 valence electrons. The maximum absolute atomic E-state index is 5.95. The molecule has 0 aliphatic heterocycles. The number of rotatable bonds is 1. The van der Waals surface area contributed by atoms with Crippen LogP contribution in [-0.4, -0.2) is 14.4 Å². The third kappa shape index (κ3) is 1.30. The molecular formula is C13H14N4. The second-order valence-electron chi connectivity index (χ2n) is 4.47. The molecule has 0 fully saturated rings. The van der Waals surface area contributed by atoms with Gasteiger partial charge in [0, 0.05) is 17.8 Å². The van der Waals surface area contributed by atoms with Crippen molar-refractivity contribution in [2.75, 3.05) is 5.73 Å². The predicted molar refractivity (Wildman–Crippen MR) is 69.0 cm³/mol. The van der Waals surface area contributed by atoms with Crippen molar-refractivity contribution in [3.05, 3.63) is 36.2 Å². The molecule has 0 aliphatic carbocycles. The number of fused-ring (bicyclic) bond motifs is 3. The van der Waals surface area contributed by atoms with Crippen molar-refractivity contribution in [1.29, 1.82) is 0 Å². The van der Waals surface area contributed by atoms with Crippen molar-refractivity contribution in [3.8, 4) is 0 Å². The van der Waals surface area contributed by atoms with E-state index in [1.165, 1.54) is 5.56 Å². The summed E-state index contributed by atoms with van der Waals surface area (Å²) in [5.74, 6) is 0.909. The third-order valence-electron chi connectivity index (χ3n) is 3.05. The second kappa shape index (κ2) is 3.45. The molecule has 0 radical (unpaired) electrons. The van der Waals surface area contributed by atoms with E-state index >= 15 is 0 Å². The van der Waals surface area contributed by atoms with Gasteiger partial charge in [-0.1, -0.05) is 13.8 Å². The highest BCUT2D eigenvalue weighted by Crippen LogP contribution is 2.31. The van der Waals surface area contributed by atoms with Crippen LogP contribution in [0.15, 0.2) is 30.6 Å². The van der Waals surface area contributed by atoms with E-state index in [-0.39, 0.29) is 0 Å². The molecule has 3 aromatic heterocycles. The SMILES string of the molecule is CC(C)c1c2cccnc2n2c(N)nccc12. The van der Waals surface area contributed by atoms with Crippen molar-refractivity contribution in [3.63, 3.8) is 0 Å². The zero-order valence-corrected chi connectivity index (χ0v) is 9.88. The smallest absolute Gasteiger partial charge is 0.206 e. The molecule has 4 nitrogen and oxygen atoms in total. The van der Waals surface area contributed by atoms with Gasteiger partial charge in [-0.25, -0.2) is 9.97 Å². The summed E-state index contributed by atoms with van der Waals surface area (Å²) in [6.07, 6.45) is 3.53. The van der Waals surface area contributed by atoms with Gasteiger partial charge in [0.2, 0.25) is 5.95 Å². The first kappa shape index (κ1) is 10.1. The Morgan fingerprint density at radius 2 is 2.00 bits per heavy atom. The van der Waals surface area contributed by atoms with Crippen LogP contribution in [0.4, 0.5) is 5.95 Å². The lowest BCUT2D eigenvalue weighted by molar-refractivity contribution is 0.882. The third-order valence-corrected chi connectivity index (χ3v) is 3.05. The van der Waals surface area contributed by atoms with Crippen LogP contribution in [-0.2, 0) is 0 Å². The molecule has 3 aromatic rings. The van der Waals surface area contributed by atoms with Crippen molar-refractivity contribution in [2.24, 2.45) is 0 Å². The van der Waals surface area contributed by atoms with Crippen molar-refractivity contribution in [1.82, 2.24) is 14.4 Å². The Hall–Kier alpha value is -2.10. The number of hydrogen-bond acceptors (Lipinski definition) is 3. The van der Waals surface area contributed by atoms with Crippen molar-refractivity contribution >= 4 is 22.5 Å². The average molecular weight is 226 g/mol. The highest BCUT2D eigenvalue weighted by atomic mass is 15.1. The zero-order valence-electron chi connectivity index (χ0n) is 9.88. The summed E-state index contributed by atoms with van der Waals surface area (Å²) >= 11 is 0. The lowest BCUT2D eigenvalue weighted by atomic mass is 10.0. The van der Waals surface area contributed by atoms with Crippen LogP contribution in [0.3, 0.4) is 0 Å². The Morgan fingerprint density at radius 3 is 2.76 bits per heavy atom. The van der Waals surface area contributed by atoms with Crippen molar-refractivity contribution < 1.29 is 0 Å². The molecule has 0 bridgehead atoms. The largest absolute Gasteiger partial charge is 0.369 e. The number of nitrogen functional groups attached to an aromatic ring is 1. The maximum atomic E-state index is 5.95. The Labute approximate surface area is 99.1 Å². The molecule has 2 N–H and O–H groups in total. The van der Waals surface area contributed by atoms with E-state index in [0.29, 0.717) is 11.9 Å². The van der Waals surface area contributed by atoms with Crippen LogP contribution in [0.25, 0.3) is 16.6 Å². The van der Waals surface area contributed by atoms with Gasteiger partial charge in [-0.15, -0.1) is 0 Å². The molecule has 0 aromatic carbocycles. The normalized spacial score (nSPS) is 11.7. The standard InChI is InChI=1S/C13H14N4/c1-8(2)11-9-4-3-6-15-12(9)17-10(11)5-7-16-13(17)14/h3-8H,1-2H3,(H2,14,16). The number of pyridine rings is 1. The van der Waals surface area contributed by atoms with E-state index < -0.39 is 0 Å². The van der Waals surface area contributed by atoms with E-state index in [1.54, 1.807) is 12.4 Å². The summed E-state index contributed by atoms with van der Waals surface area (Å²) in [5, 5.41) is 1.15. The van der Waals surface area contributed by atoms with Gasteiger partial charge in [0.15, 0.2) is 0 Å². The van der Waals surface area contributed by atoms with Gasteiger partial charge >= 0.3 is 0 Å². The van der Waals surface area contributed by atoms with Gasteiger partial charge in [0.25, 0.3) is 0 Å². The number of nitrogens with zero attached hydrogens (tertiary/aromatic N) is 3.